The molecule has 0 saturated heterocycles. The zero-order chi connectivity index (χ0) is 26.5. The van der Waals surface area contributed by atoms with Crippen molar-refractivity contribution in [2.24, 2.45) is 4.99 Å². The number of fused-ring (bicyclic) bond motifs is 1. The average Bonchev–Trinajstić information content (AvgIpc) is 3.21. The molecule has 0 spiro atoms. The van der Waals surface area contributed by atoms with Gasteiger partial charge in [-0.25, -0.2) is 9.79 Å². The molecule has 0 radical (unpaired) electrons. The molecule has 0 unspecified atom stereocenters. The maximum atomic E-state index is 13.8. The smallest absolute Gasteiger partial charge is 0.338 e. The maximum absolute atomic E-state index is 13.8. The summed E-state index contributed by atoms with van der Waals surface area (Å²) in [6.45, 7) is 7.73. The number of ether oxygens (including phenoxy) is 4. The van der Waals surface area contributed by atoms with Crippen LogP contribution in [0.2, 0.25) is 0 Å². The molecule has 1 aliphatic heterocycles. The molecule has 8 nitrogen and oxygen atoms in total. The summed E-state index contributed by atoms with van der Waals surface area (Å²) in [6, 6.07) is 11.9. The van der Waals surface area contributed by atoms with Crippen LogP contribution in [0.25, 0.3) is 6.08 Å². The number of esters is 1. The Labute approximate surface area is 218 Å². The number of nitrogens with zero attached hydrogens (tertiary/aromatic N) is 2. The number of aromatic nitrogens is 1. The second-order valence-corrected chi connectivity index (χ2v) is 9.09. The predicted octanol–water partition coefficient (Wildman–Crippen LogP) is 3.38. The van der Waals surface area contributed by atoms with Crippen molar-refractivity contribution in [1.29, 1.82) is 0 Å². The van der Waals surface area contributed by atoms with Gasteiger partial charge < -0.3 is 18.9 Å². The van der Waals surface area contributed by atoms with Crippen LogP contribution in [0.5, 0.6) is 17.2 Å². The van der Waals surface area contributed by atoms with E-state index in [2.05, 4.69) is 11.6 Å². The molecule has 0 amide bonds. The van der Waals surface area contributed by atoms with E-state index in [0.29, 0.717) is 50.0 Å². The molecule has 4 rings (SSSR count). The predicted molar refractivity (Wildman–Crippen MR) is 142 cm³/mol. The van der Waals surface area contributed by atoms with Gasteiger partial charge in [0.15, 0.2) is 4.80 Å². The first-order valence-corrected chi connectivity index (χ1v) is 12.5. The van der Waals surface area contributed by atoms with Crippen molar-refractivity contribution in [2.75, 3.05) is 27.4 Å². The Morgan fingerprint density at radius 3 is 2.51 bits per heavy atom. The summed E-state index contributed by atoms with van der Waals surface area (Å²) in [4.78, 5) is 31.9. The molecular formula is C28H28N2O6S. The second-order valence-electron chi connectivity index (χ2n) is 8.08. The molecule has 1 aromatic heterocycles. The molecule has 1 aliphatic rings. The molecule has 3 aromatic rings. The van der Waals surface area contributed by atoms with Crippen LogP contribution in [0.4, 0.5) is 0 Å². The minimum atomic E-state index is -0.710. The molecule has 2 aromatic carbocycles. The van der Waals surface area contributed by atoms with E-state index in [-0.39, 0.29) is 12.2 Å². The lowest BCUT2D eigenvalue weighted by Crippen LogP contribution is -2.39. The summed E-state index contributed by atoms with van der Waals surface area (Å²) in [5.74, 6) is 1.38. The Morgan fingerprint density at radius 1 is 1.14 bits per heavy atom. The van der Waals surface area contributed by atoms with Gasteiger partial charge in [-0.2, -0.15) is 0 Å². The van der Waals surface area contributed by atoms with E-state index in [4.69, 9.17) is 18.9 Å². The Morgan fingerprint density at radius 2 is 1.86 bits per heavy atom. The lowest BCUT2D eigenvalue weighted by Gasteiger charge is -2.24. The number of allylic oxidation sites excluding steroid dienone is 1. The first-order chi connectivity index (χ1) is 17.9. The summed E-state index contributed by atoms with van der Waals surface area (Å²) in [5.41, 5.74) is 1.96. The molecule has 192 valence electrons. The van der Waals surface area contributed by atoms with Crippen LogP contribution in [0.15, 0.2) is 76.2 Å². The van der Waals surface area contributed by atoms with E-state index in [1.54, 1.807) is 75.1 Å². The number of carbonyl (C=O) groups excluding carboxylic acids is 1. The van der Waals surface area contributed by atoms with Crippen molar-refractivity contribution < 1.29 is 23.7 Å². The third-order valence-electron chi connectivity index (χ3n) is 5.80. The zero-order valence-corrected chi connectivity index (χ0v) is 22.0. The SMILES string of the molecule is C=CCOc1ccc([C@H]2C(C(=O)OCC)=C(C)N=c3sc(=Cc4cc(OC)ccc4OC)c(=O)n32)cc1. The molecule has 0 saturated carbocycles. The Balaban J connectivity index is 1.91. The van der Waals surface area contributed by atoms with Crippen molar-refractivity contribution in [3.63, 3.8) is 0 Å². The van der Waals surface area contributed by atoms with Gasteiger partial charge in [0.2, 0.25) is 0 Å². The van der Waals surface area contributed by atoms with Crippen LogP contribution in [-0.2, 0) is 9.53 Å². The largest absolute Gasteiger partial charge is 0.497 e. The summed E-state index contributed by atoms with van der Waals surface area (Å²) in [6.07, 6.45) is 3.41. The number of rotatable bonds is 9. The first-order valence-electron chi connectivity index (χ1n) is 11.7. The molecule has 1 atom stereocenters. The molecular weight excluding hydrogens is 492 g/mol. The summed E-state index contributed by atoms with van der Waals surface area (Å²) < 4.78 is 23.8. The van der Waals surface area contributed by atoms with Crippen LogP contribution < -0.4 is 29.1 Å². The molecule has 2 heterocycles. The maximum Gasteiger partial charge on any atom is 0.338 e. The number of carbonyl (C=O) groups is 1. The number of thiazole rings is 1. The van der Waals surface area contributed by atoms with E-state index in [1.807, 2.05) is 12.1 Å². The van der Waals surface area contributed by atoms with E-state index in [1.165, 1.54) is 11.3 Å². The van der Waals surface area contributed by atoms with E-state index in [9.17, 15) is 9.59 Å². The highest BCUT2D eigenvalue weighted by molar-refractivity contribution is 7.07. The van der Waals surface area contributed by atoms with Crippen molar-refractivity contribution >= 4 is 23.4 Å². The molecule has 0 bridgehead atoms. The van der Waals surface area contributed by atoms with Gasteiger partial charge in [-0.05, 0) is 55.8 Å². The Kier molecular flexibility index (Phi) is 7.93. The van der Waals surface area contributed by atoms with E-state index < -0.39 is 12.0 Å². The molecule has 9 heteroatoms. The lowest BCUT2D eigenvalue weighted by molar-refractivity contribution is -0.139. The van der Waals surface area contributed by atoms with E-state index in [0.717, 1.165) is 5.56 Å². The third kappa shape index (κ3) is 5.22. The van der Waals surface area contributed by atoms with Crippen molar-refractivity contribution in [3.05, 3.63) is 97.2 Å². The monoisotopic (exact) mass is 520 g/mol. The number of methoxy groups -OCH3 is 2. The molecule has 0 aliphatic carbocycles. The first kappa shape index (κ1) is 26.0. The summed E-state index contributed by atoms with van der Waals surface area (Å²) in [7, 11) is 3.14. The standard InChI is InChI=1S/C28H28N2O6S/c1-6-14-36-20-10-8-18(9-11-20)25-24(27(32)35-7-2)17(3)29-28-30(25)26(31)23(37-28)16-19-15-21(33-4)12-13-22(19)34-5/h6,8-13,15-16,25H,1,7,14H2,2-5H3/t25-/m0/s1. The third-order valence-corrected chi connectivity index (χ3v) is 6.79. The van der Waals surface area contributed by atoms with Gasteiger partial charge in [0.05, 0.1) is 42.7 Å². The second kappa shape index (κ2) is 11.3. The van der Waals surface area contributed by atoms with Gasteiger partial charge in [0.1, 0.15) is 23.9 Å². The lowest BCUT2D eigenvalue weighted by atomic mass is 9.96. The summed E-state index contributed by atoms with van der Waals surface area (Å²) >= 11 is 1.24. The van der Waals surface area contributed by atoms with Crippen LogP contribution in [0.3, 0.4) is 0 Å². The van der Waals surface area contributed by atoms with Gasteiger partial charge in [0.25, 0.3) is 5.56 Å². The van der Waals surface area contributed by atoms with Gasteiger partial charge in [0, 0.05) is 5.56 Å². The highest BCUT2D eigenvalue weighted by atomic mass is 32.1. The number of hydrogen-bond acceptors (Lipinski definition) is 8. The Hall–Kier alpha value is -4.11. The minimum absolute atomic E-state index is 0.205. The number of hydrogen-bond donors (Lipinski definition) is 0. The average molecular weight is 521 g/mol. The molecule has 0 N–H and O–H groups in total. The van der Waals surface area contributed by atoms with Crippen LogP contribution in [0.1, 0.15) is 31.0 Å². The highest BCUT2D eigenvalue weighted by Crippen LogP contribution is 2.32. The van der Waals surface area contributed by atoms with E-state index >= 15 is 0 Å². The minimum Gasteiger partial charge on any atom is -0.497 e. The fraction of sp³-hybridized carbons (Fsp3) is 0.250. The molecule has 37 heavy (non-hydrogen) atoms. The van der Waals surface area contributed by atoms with Crippen molar-refractivity contribution in [1.82, 2.24) is 4.57 Å². The quantitative estimate of drug-likeness (QED) is 0.318. The zero-order valence-electron chi connectivity index (χ0n) is 21.1. The number of benzene rings is 2. The highest BCUT2D eigenvalue weighted by Gasteiger charge is 2.33. The summed E-state index contributed by atoms with van der Waals surface area (Å²) in [5, 5.41) is 0. The van der Waals surface area contributed by atoms with Crippen molar-refractivity contribution in [3.8, 4) is 17.2 Å². The van der Waals surface area contributed by atoms with Gasteiger partial charge in [-0.1, -0.05) is 36.1 Å². The molecule has 0 fully saturated rings. The Bertz CT molecular complexity index is 1530. The fourth-order valence-electron chi connectivity index (χ4n) is 4.10. The fourth-order valence-corrected chi connectivity index (χ4v) is 5.14. The normalized spacial score (nSPS) is 15.0. The van der Waals surface area contributed by atoms with Crippen LogP contribution in [0, 0.1) is 0 Å². The van der Waals surface area contributed by atoms with Crippen LogP contribution in [-0.4, -0.2) is 38.0 Å². The van der Waals surface area contributed by atoms with Gasteiger partial charge in [-0.15, -0.1) is 0 Å². The van der Waals surface area contributed by atoms with Crippen molar-refractivity contribution in [2.45, 2.75) is 19.9 Å². The topological polar surface area (TPSA) is 88.4 Å². The van der Waals surface area contributed by atoms with Gasteiger partial charge >= 0.3 is 5.97 Å². The van der Waals surface area contributed by atoms with Crippen LogP contribution >= 0.6 is 11.3 Å². The van der Waals surface area contributed by atoms with Gasteiger partial charge in [-0.3, -0.25) is 9.36 Å².